The van der Waals surface area contributed by atoms with Crippen molar-refractivity contribution in [2.45, 2.75) is 45.1 Å². The summed E-state index contributed by atoms with van der Waals surface area (Å²) >= 11 is 0. The number of nitrogens with two attached hydrogens (primary N) is 1. The van der Waals surface area contributed by atoms with Crippen LogP contribution in [0.4, 0.5) is 0 Å². The Morgan fingerprint density at radius 3 is 2.56 bits per heavy atom. The van der Waals surface area contributed by atoms with Gasteiger partial charge in [0.05, 0.1) is 6.10 Å². The second-order valence-corrected chi connectivity index (χ2v) is 5.15. The molecule has 0 unspecified atom stereocenters. The number of benzene rings is 1. The van der Waals surface area contributed by atoms with Gasteiger partial charge in [-0.1, -0.05) is 17.7 Å². The van der Waals surface area contributed by atoms with E-state index in [2.05, 4.69) is 39.0 Å². The Kier molecular flexibility index (Phi) is 2.94. The van der Waals surface area contributed by atoms with E-state index in [4.69, 9.17) is 10.5 Å². The third kappa shape index (κ3) is 2.07. The highest BCUT2D eigenvalue weighted by Gasteiger charge is 2.44. The molecule has 2 N–H and O–H groups in total. The van der Waals surface area contributed by atoms with Crippen molar-refractivity contribution < 1.29 is 4.74 Å². The molecule has 1 aliphatic carbocycles. The molecule has 1 aliphatic rings. The van der Waals surface area contributed by atoms with E-state index in [1.165, 1.54) is 24.0 Å². The molecule has 0 spiro atoms. The Labute approximate surface area is 97.8 Å². The van der Waals surface area contributed by atoms with Crippen molar-refractivity contribution in [1.29, 1.82) is 0 Å². The number of hydrogen-bond donors (Lipinski definition) is 1. The summed E-state index contributed by atoms with van der Waals surface area (Å²) in [4.78, 5) is 0. The summed E-state index contributed by atoms with van der Waals surface area (Å²) in [5.74, 6) is 1.02. The fraction of sp³-hybridized carbons (Fsp3) is 0.571. The first-order valence-electron chi connectivity index (χ1n) is 6.05. The predicted molar refractivity (Wildman–Crippen MR) is 66.9 cm³/mol. The van der Waals surface area contributed by atoms with E-state index in [1.54, 1.807) is 0 Å². The zero-order valence-electron chi connectivity index (χ0n) is 10.4. The maximum absolute atomic E-state index is 5.90. The summed E-state index contributed by atoms with van der Waals surface area (Å²) in [5.41, 5.74) is 8.69. The maximum Gasteiger partial charge on any atom is 0.123 e. The Morgan fingerprint density at radius 1 is 1.38 bits per heavy atom. The number of rotatable bonds is 4. The Hall–Kier alpha value is -1.02. The van der Waals surface area contributed by atoms with Gasteiger partial charge in [-0.3, -0.25) is 0 Å². The van der Waals surface area contributed by atoms with Crippen molar-refractivity contribution in [3.05, 3.63) is 29.3 Å². The van der Waals surface area contributed by atoms with Crippen molar-refractivity contribution in [3.8, 4) is 5.75 Å². The van der Waals surface area contributed by atoms with E-state index in [0.717, 1.165) is 12.3 Å². The summed E-state index contributed by atoms with van der Waals surface area (Å²) in [7, 11) is 0. The lowest BCUT2D eigenvalue weighted by Crippen LogP contribution is -2.21. The fourth-order valence-corrected chi connectivity index (χ4v) is 2.15. The number of aryl methyl sites for hydroxylation is 1. The summed E-state index contributed by atoms with van der Waals surface area (Å²) in [6.45, 7) is 6.97. The van der Waals surface area contributed by atoms with Crippen LogP contribution in [0.1, 0.15) is 37.8 Å². The molecule has 0 saturated heterocycles. The van der Waals surface area contributed by atoms with E-state index in [9.17, 15) is 0 Å². The summed E-state index contributed by atoms with van der Waals surface area (Å²) in [5, 5.41) is 0. The molecular weight excluding hydrogens is 198 g/mol. The first kappa shape index (κ1) is 11.5. The smallest absolute Gasteiger partial charge is 0.123 e. The van der Waals surface area contributed by atoms with Crippen LogP contribution in [-0.2, 0) is 5.41 Å². The lowest BCUT2D eigenvalue weighted by molar-refractivity contribution is 0.238. The predicted octanol–water partition coefficient (Wildman–Crippen LogP) is 2.77. The summed E-state index contributed by atoms with van der Waals surface area (Å²) in [6, 6.07) is 6.42. The van der Waals surface area contributed by atoms with Gasteiger partial charge in [0.25, 0.3) is 0 Å². The summed E-state index contributed by atoms with van der Waals surface area (Å²) < 4.78 is 5.87. The third-order valence-electron chi connectivity index (χ3n) is 3.31. The molecule has 0 atom stereocenters. The molecule has 0 aromatic heterocycles. The van der Waals surface area contributed by atoms with Crippen LogP contribution in [0, 0.1) is 6.92 Å². The van der Waals surface area contributed by atoms with E-state index in [-0.39, 0.29) is 11.5 Å². The van der Waals surface area contributed by atoms with Crippen LogP contribution >= 0.6 is 0 Å². The molecule has 0 amide bonds. The van der Waals surface area contributed by atoms with Crippen molar-refractivity contribution in [3.63, 3.8) is 0 Å². The van der Waals surface area contributed by atoms with E-state index in [0.29, 0.717) is 0 Å². The van der Waals surface area contributed by atoms with Crippen LogP contribution in [0.2, 0.25) is 0 Å². The van der Waals surface area contributed by atoms with Crippen molar-refractivity contribution in [2.75, 3.05) is 6.54 Å². The summed E-state index contributed by atoms with van der Waals surface area (Å²) in [6.07, 6.45) is 2.61. The zero-order chi connectivity index (χ0) is 11.8. The second kappa shape index (κ2) is 4.10. The molecule has 88 valence electrons. The first-order chi connectivity index (χ1) is 7.57. The maximum atomic E-state index is 5.90. The second-order valence-electron chi connectivity index (χ2n) is 5.15. The minimum atomic E-state index is 0.205. The molecule has 0 aliphatic heterocycles. The van der Waals surface area contributed by atoms with Gasteiger partial charge in [0, 0.05) is 17.5 Å². The Bertz CT molecular complexity index is 380. The highest BCUT2D eigenvalue weighted by molar-refractivity contribution is 5.45. The first-order valence-corrected chi connectivity index (χ1v) is 6.05. The molecule has 16 heavy (non-hydrogen) atoms. The van der Waals surface area contributed by atoms with Crippen molar-refractivity contribution in [2.24, 2.45) is 5.73 Å². The average Bonchev–Trinajstić information content (AvgIpc) is 3.01. The fourth-order valence-electron chi connectivity index (χ4n) is 2.15. The van der Waals surface area contributed by atoms with E-state index >= 15 is 0 Å². The topological polar surface area (TPSA) is 35.2 Å². The SMILES string of the molecule is Cc1ccc(OC(C)C)c(C2(CN)CC2)c1. The minimum absolute atomic E-state index is 0.205. The molecule has 1 aromatic rings. The van der Waals surface area contributed by atoms with E-state index in [1.807, 2.05) is 0 Å². The van der Waals surface area contributed by atoms with Gasteiger partial charge >= 0.3 is 0 Å². The molecule has 2 heteroatoms. The van der Waals surface area contributed by atoms with Crippen LogP contribution in [0.3, 0.4) is 0 Å². The van der Waals surface area contributed by atoms with Crippen LogP contribution in [-0.4, -0.2) is 12.6 Å². The van der Waals surface area contributed by atoms with Gasteiger partial charge in [-0.05, 0) is 39.7 Å². The zero-order valence-corrected chi connectivity index (χ0v) is 10.4. The normalized spacial score (nSPS) is 17.6. The Morgan fingerprint density at radius 2 is 2.06 bits per heavy atom. The molecule has 1 aromatic carbocycles. The molecule has 0 radical (unpaired) electrons. The molecular formula is C14H21NO. The average molecular weight is 219 g/mol. The van der Waals surface area contributed by atoms with Crippen molar-refractivity contribution >= 4 is 0 Å². The third-order valence-corrected chi connectivity index (χ3v) is 3.31. The van der Waals surface area contributed by atoms with Crippen LogP contribution < -0.4 is 10.5 Å². The van der Waals surface area contributed by atoms with Crippen LogP contribution in [0.25, 0.3) is 0 Å². The minimum Gasteiger partial charge on any atom is -0.491 e. The number of hydrogen-bond acceptors (Lipinski definition) is 2. The number of ether oxygens (including phenoxy) is 1. The van der Waals surface area contributed by atoms with Gasteiger partial charge in [-0.15, -0.1) is 0 Å². The van der Waals surface area contributed by atoms with Gasteiger partial charge in [0.15, 0.2) is 0 Å². The largest absolute Gasteiger partial charge is 0.491 e. The van der Waals surface area contributed by atoms with Gasteiger partial charge in [0.1, 0.15) is 5.75 Å². The van der Waals surface area contributed by atoms with Gasteiger partial charge < -0.3 is 10.5 Å². The van der Waals surface area contributed by atoms with Gasteiger partial charge in [0.2, 0.25) is 0 Å². The molecule has 1 saturated carbocycles. The van der Waals surface area contributed by atoms with Crippen LogP contribution in [0.15, 0.2) is 18.2 Å². The molecule has 0 bridgehead atoms. The monoisotopic (exact) mass is 219 g/mol. The highest BCUT2D eigenvalue weighted by Crippen LogP contribution is 2.50. The lowest BCUT2D eigenvalue weighted by atomic mass is 9.93. The lowest BCUT2D eigenvalue weighted by Gasteiger charge is -2.20. The van der Waals surface area contributed by atoms with Gasteiger partial charge in [-0.2, -0.15) is 0 Å². The van der Waals surface area contributed by atoms with Crippen molar-refractivity contribution in [1.82, 2.24) is 0 Å². The highest BCUT2D eigenvalue weighted by atomic mass is 16.5. The molecule has 2 rings (SSSR count). The van der Waals surface area contributed by atoms with E-state index < -0.39 is 0 Å². The molecule has 1 fully saturated rings. The molecule has 2 nitrogen and oxygen atoms in total. The quantitative estimate of drug-likeness (QED) is 0.845. The standard InChI is InChI=1S/C14H21NO/c1-10(2)16-13-5-4-11(3)8-12(13)14(9-15)6-7-14/h4-5,8,10H,6-7,9,15H2,1-3H3. The van der Waals surface area contributed by atoms with Gasteiger partial charge in [-0.25, -0.2) is 0 Å². The molecule has 0 heterocycles. The Balaban J connectivity index is 2.37. The van der Waals surface area contributed by atoms with Crippen LogP contribution in [0.5, 0.6) is 5.75 Å².